The second-order valence-corrected chi connectivity index (χ2v) is 11.7. The van der Waals surface area contributed by atoms with Gasteiger partial charge in [0.1, 0.15) is 5.65 Å². The molecule has 2 aromatic heterocycles. The normalized spacial score (nSPS) is 13.1. The van der Waals surface area contributed by atoms with Gasteiger partial charge in [0.05, 0.1) is 16.6 Å². The highest BCUT2D eigenvalue weighted by Gasteiger charge is 2.20. The standard InChI is InChI=1S/C29H30F2N2/c1-28(2,3)15-17-8-12-23-20(13-17)25-19(9-10-21(30)26(25)31)27-32-22-11-7-18(16-29(4,5)6)14-24(22)33(23)27/h7-14H,15-16H2,1-6H3. The Kier molecular flexibility index (Phi) is 4.79. The maximum Gasteiger partial charge on any atom is 0.167 e. The molecule has 0 aliphatic rings. The first-order valence-electron chi connectivity index (χ1n) is 11.5. The van der Waals surface area contributed by atoms with Crippen LogP contribution < -0.4 is 0 Å². The number of rotatable bonds is 2. The molecule has 2 nitrogen and oxygen atoms in total. The van der Waals surface area contributed by atoms with E-state index in [0.717, 1.165) is 40.3 Å². The molecule has 170 valence electrons. The molecule has 0 bridgehead atoms. The first-order chi connectivity index (χ1) is 15.4. The number of nitrogens with zero attached hydrogens (tertiary/aromatic N) is 2. The summed E-state index contributed by atoms with van der Waals surface area (Å²) in [5.74, 6) is -1.65. The van der Waals surface area contributed by atoms with Crippen LogP contribution in [0.15, 0.2) is 48.5 Å². The lowest BCUT2D eigenvalue weighted by Crippen LogP contribution is -2.09. The number of hydrogen-bond donors (Lipinski definition) is 0. The highest BCUT2D eigenvalue weighted by Crippen LogP contribution is 2.36. The minimum absolute atomic E-state index is 0.0843. The Hall–Kier alpha value is -3.01. The number of halogens is 2. The Bertz CT molecular complexity index is 1550. The molecule has 0 atom stereocenters. The lowest BCUT2D eigenvalue weighted by atomic mass is 9.87. The smallest absolute Gasteiger partial charge is 0.167 e. The van der Waals surface area contributed by atoms with Gasteiger partial charge in [-0.2, -0.15) is 0 Å². The summed E-state index contributed by atoms with van der Waals surface area (Å²) in [6.07, 6.45) is 1.79. The van der Waals surface area contributed by atoms with Crippen molar-refractivity contribution in [3.05, 3.63) is 71.3 Å². The van der Waals surface area contributed by atoms with Crippen LogP contribution in [0.4, 0.5) is 8.78 Å². The first kappa shape index (κ1) is 21.8. The minimum Gasteiger partial charge on any atom is -0.292 e. The molecule has 0 radical (unpaired) electrons. The van der Waals surface area contributed by atoms with Gasteiger partial charge in [-0.25, -0.2) is 13.8 Å². The molecule has 33 heavy (non-hydrogen) atoms. The van der Waals surface area contributed by atoms with Crippen molar-refractivity contribution < 1.29 is 8.78 Å². The third kappa shape index (κ3) is 3.86. The van der Waals surface area contributed by atoms with Gasteiger partial charge in [-0.1, -0.05) is 53.7 Å². The van der Waals surface area contributed by atoms with Crippen LogP contribution in [0.1, 0.15) is 52.7 Å². The Labute approximate surface area is 193 Å². The molecule has 5 rings (SSSR count). The molecule has 2 heterocycles. The Morgan fingerprint density at radius 2 is 1.36 bits per heavy atom. The van der Waals surface area contributed by atoms with Crippen LogP contribution in [0.2, 0.25) is 0 Å². The maximum absolute atomic E-state index is 15.2. The van der Waals surface area contributed by atoms with Crippen molar-refractivity contribution in [3.8, 4) is 0 Å². The second kappa shape index (κ2) is 7.24. The molecule has 0 fully saturated rings. The minimum atomic E-state index is -0.835. The zero-order chi connectivity index (χ0) is 23.7. The summed E-state index contributed by atoms with van der Waals surface area (Å²) in [6.45, 7) is 13.2. The van der Waals surface area contributed by atoms with Crippen LogP contribution in [0, 0.1) is 22.5 Å². The van der Waals surface area contributed by atoms with Gasteiger partial charge >= 0.3 is 0 Å². The van der Waals surface area contributed by atoms with E-state index in [1.54, 1.807) is 6.07 Å². The molecule has 0 spiro atoms. The number of aromatic nitrogens is 2. The van der Waals surface area contributed by atoms with Crippen molar-refractivity contribution in [1.82, 2.24) is 9.38 Å². The third-order valence-corrected chi connectivity index (χ3v) is 6.09. The molecule has 0 amide bonds. The lowest BCUT2D eigenvalue weighted by Gasteiger charge is -2.19. The summed E-state index contributed by atoms with van der Waals surface area (Å²) >= 11 is 0. The van der Waals surface area contributed by atoms with Crippen LogP contribution in [-0.4, -0.2) is 9.38 Å². The maximum atomic E-state index is 15.2. The topological polar surface area (TPSA) is 17.3 Å². The molecule has 0 unspecified atom stereocenters. The number of benzene rings is 3. The Morgan fingerprint density at radius 3 is 2.03 bits per heavy atom. The molecule has 0 saturated carbocycles. The van der Waals surface area contributed by atoms with E-state index in [4.69, 9.17) is 4.98 Å². The Morgan fingerprint density at radius 1 is 0.727 bits per heavy atom. The van der Waals surface area contributed by atoms with Gasteiger partial charge in [-0.05, 0) is 71.2 Å². The molecule has 3 aromatic carbocycles. The van der Waals surface area contributed by atoms with E-state index in [-0.39, 0.29) is 10.8 Å². The predicted molar refractivity (Wildman–Crippen MR) is 134 cm³/mol. The van der Waals surface area contributed by atoms with Crippen LogP contribution in [0.5, 0.6) is 0 Å². The number of pyridine rings is 1. The monoisotopic (exact) mass is 444 g/mol. The number of hydrogen-bond acceptors (Lipinski definition) is 1. The first-order valence-corrected chi connectivity index (χ1v) is 11.5. The molecular formula is C29H30F2N2. The summed E-state index contributed by atoms with van der Waals surface area (Å²) in [5, 5.41) is 1.65. The summed E-state index contributed by atoms with van der Waals surface area (Å²) in [6, 6.07) is 15.4. The highest BCUT2D eigenvalue weighted by atomic mass is 19.2. The summed E-state index contributed by atoms with van der Waals surface area (Å²) in [5.41, 5.74) is 5.93. The quantitative estimate of drug-likeness (QED) is 0.251. The van der Waals surface area contributed by atoms with Gasteiger partial charge in [-0.15, -0.1) is 0 Å². The van der Waals surface area contributed by atoms with Crippen molar-refractivity contribution in [2.75, 3.05) is 0 Å². The van der Waals surface area contributed by atoms with E-state index in [1.807, 2.05) is 18.2 Å². The molecule has 4 heteroatoms. The van der Waals surface area contributed by atoms with Crippen LogP contribution >= 0.6 is 0 Å². The predicted octanol–water partition coefficient (Wildman–Crippen LogP) is 8.25. The number of imidazole rings is 1. The molecule has 0 aliphatic heterocycles. The largest absolute Gasteiger partial charge is 0.292 e. The average Bonchev–Trinajstić information content (AvgIpc) is 3.07. The van der Waals surface area contributed by atoms with E-state index in [2.05, 4.69) is 64.1 Å². The van der Waals surface area contributed by atoms with Gasteiger partial charge in [0.15, 0.2) is 11.6 Å². The molecule has 0 saturated heterocycles. The molecule has 0 N–H and O–H groups in total. The SMILES string of the molecule is CC(C)(C)Cc1ccc2c(c1)c1c(F)c(F)ccc1c1nc3ccc(CC(C)(C)C)cc3n21. The summed E-state index contributed by atoms with van der Waals surface area (Å²) in [4.78, 5) is 4.86. The fourth-order valence-electron chi connectivity index (χ4n) is 4.97. The molecule has 5 aromatic rings. The van der Waals surface area contributed by atoms with E-state index >= 15 is 4.39 Å². The van der Waals surface area contributed by atoms with Crippen LogP contribution in [-0.2, 0) is 12.8 Å². The van der Waals surface area contributed by atoms with Gasteiger partial charge < -0.3 is 0 Å². The van der Waals surface area contributed by atoms with E-state index in [0.29, 0.717) is 16.4 Å². The fraction of sp³-hybridized carbons (Fsp3) is 0.345. The van der Waals surface area contributed by atoms with Crippen LogP contribution in [0.25, 0.3) is 38.4 Å². The van der Waals surface area contributed by atoms with E-state index < -0.39 is 11.6 Å². The van der Waals surface area contributed by atoms with Crippen molar-refractivity contribution >= 4 is 38.4 Å². The highest BCUT2D eigenvalue weighted by molar-refractivity contribution is 6.14. The lowest BCUT2D eigenvalue weighted by molar-refractivity contribution is 0.411. The zero-order valence-corrected chi connectivity index (χ0v) is 20.2. The fourth-order valence-corrected chi connectivity index (χ4v) is 4.97. The van der Waals surface area contributed by atoms with Crippen molar-refractivity contribution in [2.24, 2.45) is 10.8 Å². The van der Waals surface area contributed by atoms with E-state index in [1.165, 1.54) is 11.6 Å². The average molecular weight is 445 g/mol. The zero-order valence-electron chi connectivity index (χ0n) is 20.2. The van der Waals surface area contributed by atoms with Gasteiger partial charge in [0.25, 0.3) is 0 Å². The number of fused-ring (bicyclic) bond motifs is 8. The van der Waals surface area contributed by atoms with Gasteiger partial charge in [0, 0.05) is 16.2 Å². The van der Waals surface area contributed by atoms with Gasteiger partial charge in [-0.3, -0.25) is 4.40 Å². The van der Waals surface area contributed by atoms with E-state index in [9.17, 15) is 4.39 Å². The summed E-state index contributed by atoms with van der Waals surface area (Å²) in [7, 11) is 0. The third-order valence-electron chi connectivity index (χ3n) is 6.09. The second-order valence-electron chi connectivity index (χ2n) is 11.7. The van der Waals surface area contributed by atoms with Crippen LogP contribution in [0.3, 0.4) is 0 Å². The Balaban J connectivity index is 1.92. The molecule has 0 aliphatic carbocycles. The van der Waals surface area contributed by atoms with Crippen molar-refractivity contribution in [1.29, 1.82) is 0 Å². The van der Waals surface area contributed by atoms with Gasteiger partial charge in [0.2, 0.25) is 0 Å². The van der Waals surface area contributed by atoms with Crippen molar-refractivity contribution in [2.45, 2.75) is 54.4 Å². The summed E-state index contributed by atoms with van der Waals surface area (Å²) < 4.78 is 31.7. The molecular weight excluding hydrogens is 414 g/mol. The van der Waals surface area contributed by atoms with Crippen molar-refractivity contribution in [3.63, 3.8) is 0 Å².